The van der Waals surface area contributed by atoms with Gasteiger partial charge in [0.1, 0.15) is 18.8 Å². The molecule has 1 heterocycles. The third kappa shape index (κ3) is 3.31. The molecule has 0 radical (unpaired) electrons. The lowest BCUT2D eigenvalue weighted by Crippen LogP contribution is -2.80. The van der Waals surface area contributed by atoms with Crippen LogP contribution in [-0.2, 0) is 13.1 Å². The molecule has 110 valence electrons. The van der Waals surface area contributed by atoms with E-state index >= 15 is 0 Å². The van der Waals surface area contributed by atoms with E-state index in [9.17, 15) is 0 Å². The van der Waals surface area contributed by atoms with Crippen LogP contribution >= 0.6 is 15.9 Å². The number of quaternary nitrogens is 1. The largest absolute Gasteiger partial charge is 0.496 e. The third-order valence-electron chi connectivity index (χ3n) is 3.42. The van der Waals surface area contributed by atoms with E-state index in [0.717, 1.165) is 34.8 Å². The molecule has 0 aliphatic carbocycles. The number of methoxy groups -OCH3 is 1. The smallest absolute Gasteiger partial charge is 0.231 e. The summed E-state index contributed by atoms with van der Waals surface area (Å²) in [5.74, 6) is 2.58. The molecule has 1 aliphatic rings. The van der Waals surface area contributed by atoms with Crippen LogP contribution in [0.4, 0.5) is 0 Å². The first kappa shape index (κ1) is 14.2. The van der Waals surface area contributed by atoms with E-state index in [1.165, 1.54) is 11.1 Å². The van der Waals surface area contributed by atoms with Gasteiger partial charge in [0.15, 0.2) is 11.5 Å². The van der Waals surface area contributed by atoms with Crippen LogP contribution in [0.1, 0.15) is 11.1 Å². The van der Waals surface area contributed by atoms with Crippen LogP contribution in [0.3, 0.4) is 0 Å². The Labute approximate surface area is 132 Å². The Morgan fingerprint density at radius 2 is 1.95 bits per heavy atom. The van der Waals surface area contributed by atoms with Gasteiger partial charge < -0.3 is 19.5 Å². The normalized spacial score (nSPS) is 12.5. The van der Waals surface area contributed by atoms with Crippen LogP contribution in [0.2, 0.25) is 0 Å². The summed E-state index contributed by atoms with van der Waals surface area (Å²) in [6.07, 6.45) is 0. The van der Waals surface area contributed by atoms with Crippen molar-refractivity contribution in [3.8, 4) is 17.2 Å². The van der Waals surface area contributed by atoms with Gasteiger partial charge in [0.2, 0.25) is 6.79 Å². The molecule has 0 aromatic heterocycles. The zero-order valence-electron chi connectivity index (χ0n) is 11.8. The maximum Gasteiger partial charge on any atom is 0.231 e. The van der Waals surface area contributed by atoms with Crippen LogP contribution in [-0.4, -0.2) is 13.9 Å². The second-order valence-corrected chi connectivity index (χ2v) is 5.76. The quantitative estimate of drug-likeness (QED) is 0.900. The first-order chi connectivity index (χ1) is 10.3. The molecule has 0 saturated heterocycles. The zero-order valence-corrected chi connectivity index (χ0v) is 13.4. The molecule has 3 rings (SSSR count). The summed E-state index contributed by atoms with van der Waals surface area (Å²) in [7, 11) is 1.70. The summed E-state index contributed by atoms with van der Waals surface area (Å²) in [5, 5.41) is 2.24. The van der Waals surface area contributed by atoms with Crippen molar-refractivity contribution in [2.75, 3.05) is 13.9 Å². The Morgan fingerprint density at radius 3 is 2.81 bits per heavy atom. The van der Waals surface area contributed by atoms with Crippen molar-refractivity contribution < 1.29 is 19.5 Å². The number of fused-ring (bicyclic) bond motifs is 1. The second-order valence-electron chi connectivity index (χ2n) is 4.84. The van der Waals surface area contributed by atoms with E-state index in [1.807, 2.05) is 24.3 Å². The number of hydrogen-bond acceptors (Lipinski definition) is 3. The number of ether oxygens (including phenoxy) is 3. The number of halogens is 1. The maximum absolute atomic E-state index is 5.39. The van der Waals surface area contributed by atoms with E-state index in [2.05, 4.69) is 33.4 Å². The van der Waals surface area contributed by atoms with Gasteiger partial charge in [0.05, 0.1) is 7.11 Å². The van der Waals surface area contributed by atoms with E-state index in [-0.39, 0.29) is 0 Å². The molecule has 2 N–H and O–H groups in total. The number of nitrogens with two attached hydrogens (primary N) is 1. The van der Waals surface area contributed by atoms with Crippen molar-refractivity contribution in [3.05, 3.63) is 52.0 Å². The van der Waals surface area contributed by atoms with Gasteiger partial charge >= 0.3 is 0 Å². The standard InChI is InChI=1S/C16H16BrNO3/c1-19-14-5-3-13(17)7-12(14)9-18-8-11-2-4-15-16(6-11)21-10-20-15/h2-7,18H,8-10H2,1H3/p+1. The predicted molar refractivity (Wildman–Crippen MR) is 82.6 cm³/mol. The molecule has 4 nitrogen and oxygen atoms in total. The van der Waals surface area contributed by atoms with Gasteiger partial charge in [0, 0.05) is 15.6 Å². The monoisotopic (exact) mass is 350 g/mol. The van der Waals surface area contributed by atoms with Gasteiger partial charge in [-0.25, -0.2) is 0 Å². The maximum atomic E-state index is 5.39. The number of rotatable bonds is 5. The van der Waals surface area contributed by atoms with E-state index < -0.39 is 0 Å². The van der Waals surface area contributed by atoms with Crippen LogP contribution in [0.15, 0.2) is 40.9 Å². The average Bonchev–Trinajstić information content (AvgIpc) is 2.95. The van der Waals surface area contributed by atoms with Crippen molar-refractivity contribution >= 4 is 15.9 Å². The highest BCUT2D eigenvalue weighted by atomic mass is 79.9. The highest BCUT2D eigenvalue weighted by Gasteiger charge is 2.13. The summed E-state index contributed by atoms with van der Waals surface area (Å²) in [5.41, 5.74) is 2.39. The van der Waals surface area contributed by atoms with Crippen molar-refractivity contribution in [1.82, 2.24) is 0 Å². The second kappa shape index (κ2) is 6.37. The summed E-state index contributed by atoms with van der Waals surface area (Å²) in [4.78, 5) is 0. The fraction of sp³-hybridized carbons (Fsp3) is 0.250. The van der Waals surface area contributed by atoms with Crippen molar-refractivity contribution in [2.24, 2.45) is 0 Å². The SMILES string of the molecule is COc1ccc(Br)cc1C[NH2+]Cc1ccc2c(c1)OCO2. The lowest BCUT2D eigenvalue weighted by Gasteiger charge is -2.08. The van der Waals surface area contributed by atoms with Crippen molar-refractivity contribution in [3.63, 3.8) is 0 Å². The molecule has 0 unspecified atom stereocenters. The van der Waals surface area contributed by atoms with Crippen LogP contribution in [0.25, 0.3) is 0 Å². The van der Waals surface area contributed by atoms with E-state index in [4.69, 9.17) is 14.2 Å². The highest BCUT2D eigenvalue weighted by molar-refractivity contribution is 9.10. The fourth-order valence-corrected chi connectivity index (χ4v) is 2.78. The van der Waals surface area contributed by atoms with E-state index in [0.29, 0.717) is 6.79 Å². The minimum absolute atomic E-state index is 0.317. The Morgan fingerprint density at radius 1 is 1.10 bits per heavy atom. The molecule has 0 saturated carbocycles. The Bertz CT molecular complexity index is 645. The molecule has 2 aromatic rings. The minimum atomic E-state index is 0.317. The van der Waals surface area contributed by atoms with Gasteiger partial charge in [-0.15, -0.1) is 0 Å². The average molecular weight is 351 g/mol. The molecular weight excluding hydrogens is 334 g/mol. The summed E-state index contributed by atoms with van der Waals surface area (Å²) < 4.78 is 17.2. The van der Waals surface area contributed by atoms with Gasteiger partial charge in [-0.1, -0.05) is 15.9 Å². The Balaban J connectivity index is 1.62. The van der Waals surface area contributed by atoms with Crippen LogP contribution in [0.5, 0.6) is 17.2 Å². The zero-order chi connectivity index (χ0) is 14.7. The van der Waals surface area contributed by atoms with Gasteiger partial charge in [0.25, 0.3) is 0 Å². The number of benzene rings is 2. The summed E-state index contributed by atoms with van der Waals surface area (Å²) in [6.45, 7) is 2.06. The van der Waals surface area contributed by atoms with Crippen LogP contribution in [0, 0.1) is 0 Å². The third-order valence-corrected chi connectivity index (χ3v) is 3.92. The fourth-order valence-electron chi connectivity index (χ4n) is 2.37. The van der Waals surface area contributed by atoms with E-state index in [1.54, 1.807) is 7.11 Å². The van der Waals surface area contributed by atoms with Crippen molar-refractivity contribution in [1.29, 1.82) is 0 Å². The molecule has 1 aliphatic heterocycles. The van der Waals surface area contributed by atoms with Gasteiger partial charge in [-0.2, -0.15) is 0 Å². The molecule has 0 fully saturated rings. The topological polar surface area (TPSA) is 44.3 Å². The van der Waals surface area contributed by atoms with Crippen molar-refractivity contribution in [2.45, 2.75) is 13.1 Å². The molecule has 0 amide bonds. The highest BCUT2D eigenvalue weighted by Crippen LogP contribution is 2.32. The first-order valence-corrected chi connectivity index (χ1v) is 7.58. The first-order valence-electron chi connectivity index (χ1n) is 6.79. The molecule has 2 aromatic carbocycles. The molecule has 21 heavy (non-hydrogen) atoms. The predicted octanol–water partition coefficient (Wildman–Crippen LogP) is 2.45. The van der Waals surface area contributed by atoms with Gasteiger partial charge in [-0.3, -0.25) is 0 Å². The molecule has 5 heteroatoms. The molecule has 0 atom stereocenters. The lowest BCUT2D eigenvalue weighted by molar-refractivity contribution is -0.686. The number of hydrogen-bond donors (Lipinski definition) is 1. The van der Waals surface area contributed by atoms with Gasteiger partial charge in [-0.05, 0) is 36.4 Å². The Kier molecular flexibility index (Phi) is 4.31. The summed E-state index contributed by atoms with van der Waals surface area (Å²) >= 11 is 3.50. The molecule has 0 bridgehead atoms. The Hall–Kier alpha value is -1.72. The van der Waals surface area contributed by atoms with Crippen LogP contribution < -0.4 is 19.5 Å². The lowest BCUT2D eigenvalue weighted by atomic mass is 10.1. The minimum Gasteiger partial charge on any atom is -0.496 e. The molecule has 0 spiro atoms. The summed E-state index contributed by atoms with van der Waals surface area (Å²) in [6, 6.07) is 12.1. The molecular formula is C16H17BrNO3+.